The van der Waals surface area contributed by atoms with Crippen molar-refractivity contribution in [1.82, 2.24) is 14.8 Å². The maximum atomic E-state index is 10.0. The molecule has 1 fully saturated rings. The third-order valence-corrected chi connectivity index (χ3v) is 4.75. The van der Waals surface area contributed by atoms with E-state index in [1.165, 1.54) is 5.56 Å². The molecule has 1 aromatic heterocycles. The van der Waals surface area contributed by atoms with Gasteiger partial charge in [0.25, 0.3) is 0 Å². The highest BCUT2D eigenvalue weighted by molar-refractivity contribution is 7.98. The lowest BCUT2D eigenvalue weighted by molar-refractivity contribution is 0.118. The number of aliphatic hydroxyl groups is 1. The first kappa shape index (κ1) is 16.5. The Morgan fingerprint density at radius 2 is 2.09 bits per heavy atom. The molecule has 1 aliphatic rings. The second-order valence-corrected chi connectivity index (χ2v) is 6.99. The molecule has 0 amide bonds. The summed E-state index contributed by atoms with van der Waals surface area (Å²) in [4.78, 5) is 4.72. The van der Waals surface area contributed by atoms with Crippen LogP contribution >= 0.6 is 11.8 Å². The van der Waals surface area contributed by atoms with E-state index in [0.717, 1.165) is 29.5 Å². The molecule has 0 unspecified atom stereocenters. The molecule has 3 rings (SSSR count). The first-order valence-electron chi connectivity index (χ1n) is 7.94. The van der Waals surface area contributed by atoms with E-state index in [9.17, 15) is 5.11 Å². The molecule has 23 heavy (non-hydrogen) atoms. The quantitative estimate of drug-likeness (QED) is 0.876. The van der Waals surface area contributed by atoms with Crippen molar-refractivity contribution < 1.29 is 9.84 Å². The van der Waals surface area contributed by atoms with Crippen molar-refractivity contribution in [3.63, 3.8) is 0 Å². The van der Waals surface area contributed by atoms with Crippen molar-refractivity contribution in [2.24, 2.45) is 5.92 Å². The van der Waals surface area contributed by atoms with Gasteiger partial charge in [-0.05, 0) is 25.3 Å². The lowest BCUT2D eigenvalue weighted by Crippen LogP contribution is -2.21. The molecule has 6 heteroatoms. The molecule has 2 atom stereocenters. The van der Waals surface area contributed by atoms with Gasteiger partial charge in [0.2, 0.25) is 0 Å². The number of hydrogen-bond acceptors (Lipinski definition) is 5. The number of hydrogen-bond donors (Lipinski definition) is 1. The number of nitrogens with zero attached hydrogens (tertiary/aromatic N) is 3. The molecule has 0 bridgehead atoms. The molecule has 0 spiro atoms. The first-order valence-corrected chi connectivity index (χ1v) is 9.33. The lowest BCUT2D eigenvalue weighted by Gasteiger charge is -2.12. The number of benzene rings is 1. The Balaban J connectivity index is 1.88. The average Bonchev–Trinajstić information content (AvgIpc) is 3.13. The largest absolute Gasteiger partial charge is 0.390 e. The molecule has 0 saturated carbocycles. The number of rotatable bonds is 6. The fraction of sp³-hybridized carbons (Fsp3) is 0.529. The first-order chi connectivity index (χ1) is 11.2. The Morgan fingerprint density at radius 3 is 2.74 bits per heavy atom. The highest BCUT2D eigenvalue weighted by Crippen LogP contribution is 2.21. The Hall–Kier alpha value is -1.37. The van der Waals surface area contributed by atoms with Crippen LogP contribution in [0.3, 0.4) is 0 Å². The van der Waals surface area contributed by atoms with Crippen LogP contribution in [0.5, 0.6) is 0 Å². The monoisotopic (exact) mass is 333 g/mol. The van der Waals surface area contributed by atoms with Crippen LogP contribution in [-0.2, 0) is 17.6 Å². The predicted octanol–water partition coefficient (Wildman–Crippen LogP) is 2.03. The van der Waals surface area contributed by atoms with Crippen LogP contribution in [0.2, 0.25) is 0 Å². The van der Waals surface area contributed by atoms with Crippen molar-refractivity contribution in [2.75, 3.05) is 25.2 Å². The van der Waals surface area contributed by atoms with Crippen LogP contribution in [0.15, 0.2) is 24.3 Å². The number of aryl methyl sites for hydroxylation is 2. The molecule has 0 radical (unpaired) electrons. The zero-order valence-electron chi connectivity index (χ0n) is 13.6. The van der Waals surface area contributed by atoms with Gasteiger partial charge in [0.1, 0.15) is 5.82 Å². The number of ether oxygens (including phenoxy) is 1. The van der Waals surface area contributed by atoms with E-state index in [4.69, 9.17) is 9.72 Å². The fourth-order valence-corrected chi connectivity index (χ4v) is 3.12. The van der Waals surface area contributed by atoms with Gasteiger partial charge < -0.3 is 9.84 Å². The maximum absolute atomic E-state index is 10.0. The minimum Gasteiger partial charge on any atom is -0.390 e. The topological polar surface area (TPSA) is 60.2 Å². The van der Waals surface area contributed by atoms with Gasteiger partial charge >= 0.3 is 0 Å². The zero-order chi connectivity index (χ0) is 16.2. The Morgan fingerprint density at radius 1 is 1.30 bits per heavy atom. The van der Waals surface area contributed by atoms with Gasteiger partial charge in [0.05, 0.1) is 25.0 Å². The van der Waals surface area contributed by atoms with E-state index in [0.29, 0.717) is 19.6 Å². The molecule has 5 nitrogen and oxygen atoms in total. The number of aliphatic hydroxyl groups excluding tert-OH is 1. The van der Waals surface area contributed by atoms with Gasteiger partial charge in [-0.25, -0.2) is 9.67 Å². The Labute approximate surface area is 141 Å². The third kappa shape index (κ3) is 3.94. The normalized spacial score (nSPS) is 21.0. The standard InChI is InChI=1S/C17H23N3O2S/c1-12-3-5-14(6-4-12)20-17(9-13-10-22-11-15(13)21)18-16(19-20)7-8-23-2/h3-6,13,15,21H,7-11H2,1-2H3/t13-,15-/m1/s1. The minimum atomic E-state index is -0.409. The van der Waals surface area contributed by atoms with Crippen LogP contribution in [0.1, 0.15) is 17.2 Å². The van der Waals surface area contributed by atoms with Gasteiger partial charge in [0, 0.05) is 24.5 Å². The molecule has 124 valence electrons. The molecule has 1 N–H and O–H groups in total. The van der Waals surface area contributed by atoms with E-state index >= 15 is 0 Å². The smallest absolute Gasteiger partial charge is 0.152 e. The van der Waals surface area contributed by atoms with Gasteiger partial charge in [-0.3, -0.25) is 0 Å². The molecule has 1 aliphatic heterocycles. The second-order valence-electron chi connectivity index (χ2n) is 6.00. The zero-order valence-corrected chi connectivity index (χ0v) is 14.4. The summed E-state index contributed by atoms with van der Waals surface area (Å²) in [5.74, 6) is 2.87. The summed E-state index contributed by atoms with van der Waals surface area (Å²) in [6, 6.07) is 8.28. The van der Waals surface area contributed by atoms with E-state index in [-0.39, 0.29) is 5.92 Å². The second kappa shape index (κ2) is 7.47. The van der Waals surface area contributed by atoms with Gasteiger partial charge in [-0.1, -0.05) is 17.7 Å². The van der Waals surface area contributed by atoms with E-state index < -0.39 is 6.10 Å². The highest BCUT2D eigenvalue weighted by atomic mass is 32.2. The summed E-state index contributed by atoms with van der Waals surface area (Å²) in [5.41, 5.74) is 2.24. The van der Waals surface area contributed by atoms with Crippen LogP contribution in [0.25, 0.3) is 5.69 Å². The van der Waals surface area contributed by atoms with E-state index in [1.54, 1.807) is 11.8 Å². The fourth-order valence-electron chi connectivity index (χ4n) is 2.73. The third-order valence-electron chi connectivity index (χ3n) is 4.14. The van der Waals surface area contributed by atoms with Gasteiger partial charge in [0.15, 0.2) is 5.82 Å². The highest BCUT2D eigenvalue weighted by Gasteiger charge is 2.28. The van der Waals surface area contributed by atoms with E-state index in [2.05, 4.69) is 42.5 Å². The lowest BCUT2D eigenvalue weighted by atomic mass is 10.0. The van der Waals surface area contributed by atoms with Crippen molar-refractivity contribution in [3.05, 3.63) is 41.5 Å². The van der Waals surface area contributed by atoms with Crippen molar-refractivity contribution in [2.45, 2.75) is 25.9 Å². The van der Waals surface area contributed by atoms with Crippen LogP contribution in [0.4, 0.5) is 0 Å². The van der Waals surface area contributed by atoms with Gasteiger partial charge in [-0.15, -0.1) is 0 Å². The van der Waals surface area contributed by atoms with Crippen LogP contribution in [0, 0.1) is 12.8 Å². The summed E-state index contributed by atoms with van der Waals surface area (Å²) in [5, 5.41) is 14.7. The summed E-state index contributed by atoms with van der Waals surface area (Å²) >= 11 is 1.79. The van der Waals surface area contributed by atoms with Crippen LogP contribution in [-0.4, -0.2) is 51.2 Å². The average molecular weight is 333 g/mol. The molecular formula is C17H23N3O2S. The van der Waals surface area contributed by atoms with Crippen molar-refractivity contribution in [1.29, 1.82) is 0 Å². The minimum absolute atomic E-state index is 0.0943. The molecule has 1 aromatic carbocycles. The summed E-state index contributed by atoms with van der Waals surface area (Å²) < 4.78 is 7.28. The van der Waals surface area contributed by atoms with Gasteiger partial charge in [-0.2, -0.15) is 16.9 Å². The van der Waals surface area contributed by atoms with Crippen LogP contribution < -0.4 is 0 Å². The SMILES string of the molecule is CSCCc1nc(C[C@@H]2COC[C@H]2O)n(-c2ccc(C)cc2)n1. The Kier molecular flexibility index (Phi) is 5.35. The van der Waals surface area contributed by atoms with Crippen molar-refractivity contribution in [3.8, 4) is 5.69 Å². The number of thioether (sulfide) groups is 1. The van der Waals surface area contributed by atoms with E-state index in [1.807, 2.05) is 4.68 Å². The summed E-state index contributed by atoms with van der Waals surface area (Å²) in [6.07, 6.45) is 3.22. The molecule has 2 heterocycles. The summed E-state index contributed by atoms with van der Waals surface area (Å²) in [6.45, 7) is 3.08. The molecule has 2 aromatic rings. The summed E-state index contributed by atoms with van der Waals surface area (Å²) in [7, 11) is 0. The molecule has 0 aliphatic carbocycles. The molecule has 1 saturated heterocycles. The maximum Gasteiger partial charge on any atom is 0.152 e. The van der Waals surface area contributed by atoms with Crippen molar-refractivity contribution >= 4 is 11.8 Å². The predicted molar refractivity (Wildman–Crippen MR) is 92.2 cm³/mol. The number of aromatic nitrogens is 3. The Bertz CT molecular complexity index is 642. The molecular weight excluding hydrogens is 310 g/mol.